The summed E-state index contributed by atoms with van der Waals surface area (Å²) in [4.78, 5) is 0. The third kappa shape index (κ3) is 1.83. The second-order valence-corrected chi connectivity index (χ2v) is 2.26. The first-order valence-electron chi connectivity index (χ1n) is 3.30. The fraction of sp³-hybridized carbons (Fsp3) is 0.222. The molecule has 0 aromatic heterocycles. The molecule has 0 nitrogen and oxygen atoms in total. The molecule has 0 saturated heterocycles. The zero-order valence-corrected chi connectivity index (χ0v) is 5.81. The summed E-state index contributed by atoms with van der Waals surface area (Å²) < 4.78 is 11.8. The van der Waals surface area contributed by atoms with Crippen LogP contribution in [0.1, 0.15) is 11.1 Å². The van der Waals surface area contributed by atoms with Gasteiger partial charge in [0, 0.05) is 6.42 Å². The Bertz CT molecular complexity index is 188. The molecule has 1 aromatic rings. The molecule has 0 unspecified atom stereocenters. The van der Waals surface area contributed by atoms with Gasteiger partial charge in [0.15, 0.2) is 0 Å². The molecule has 0 aliphatic rings. The summed E-state index contributed by atoms with van der Waals surface area (Å²) in [6, 6.07) is 7.60. The lowest BCUT2D eigenvalue weighted by atomic mass is 10.1. The molecule has 0 aliphatic heterocycles. The number of hydrogen-bond donors (Lipinski definition) is 0. The van der Waals surface area contributed by atoms with Crippen LogP contribution in [-0.2, 0) is 6.42 Å². The smallest absolute Gasteiger partial charge is 0.0934 e. The van der Waals surface area contributed by atoms with E-state index in [4.69, 9.17) is 0 Å². The first-order valence-corrected chi connectivity index (χ1v) is 3.30. The normalized spacial score (nSPS) is 9.80. The Morgan fingerprint density at radius 2 is 1.80 bits per heavy atom. The van der Waals surface area contributed by atoms with Gasteiger partial charge in [0.1, 0.15) is 0 Å². The van der Waals surface area contributed by atoms with Crippen LogP contribution in [0.2, 0.25) is 0 Å². The molecule has 0 atom stereocenters. The Balaban J connectivity index is 2.69. The van der Waals surface area contributed by atoms with Gasteiger partial charge in [-0.3, -0.25) is 4.39 Å². The molecular weight excluding hydrogens is 127 g/mol. The van der Waals surface area contributed by atoms with Crippen molar-refractivity contribution in [2.24, 2.45) is 0 Å². The summed E-state index contributed by atoms with van der Waals surface area (Å²) in [5, 5.41) is 0. The van der Waals surface area contributed by atoms with E-state index < -0.39 is 0 Å². The van der Waals surface area contributed by atoms with Crippen molar-refractivity contribution in [2.75, 3.05) is 6.67 Å². The maximum atomic E-state index is 11.8. The summed E-state index contributed by atoms with van der Waals surface area (Å²) >= 11 is 0. The summed E-state index contributed by atoms with van der Waals surface area (Å²) in [5.41, 5.74) is 2.01. The molecule has 0 aliphatic carbocycles. The maximum absolute atomic E-state index is 11.8. The van der Waals surface area contributed by atoms with E-state index in [0.29, 0.717) is 6.42 Å². The molecular formula is C9H10F. The molecule has 10 heavy (non-hydrogen) atoms. The average molecular weight is 137 g/mol. The second-order valence-electron chi connectivity index (χ2n) is 2.26. The highest BCUT2D eigenvalue weighted by Gasteiger charge is 1.89. The topological polar surface area (TPSA) is 0 Å². The van der Waals surface area contributed by atoms with Crippen LogP contribution in [0.15, 0.2) is 24.3 Å². The number of alkyl halides is 1. The lowest BCUT2D eigenvalue weighted by Crippen LogP contribution is -1.85. The van der Waals surface area contributed by atoms with Crippen LogP contribution in [0.5, 0.6) is 0 Å². The van der Waals surface area contributed by atoms with Gasteiger partial charge in [0.25, 0.3) is 0 Å². The minimum Gasteiger partial charge on any atom is -0.251 e. The zero-order valence-electron chi connectivity index (χ0n) is 5.81. The molecule has 1 heteroatoms. The van der Waals surface area contributed by atoms with Crippen LogP contribution in [0.25, 0.3) is 0 Å². The van der Waals surface area contributed by atoms with Gasteiger partial charge in [-0.1, -0.05) is 24.3 Å². The van der Waals surface area contributed by atoms with Gasteiger partial charge >= 0.3 is 0 Å². The standard InChI is InChI=1S/C9H10F/c1-8-2-4-9(5-3-8)6-7-10/h2-5H,1,6-7H2. The molecule has 0 heterocycles. The SMILES string of the molecule is [CH2]c1ccc(CCF)cc1. The van der Waals surface area contributed by atoms with E-state index in [1.807, 2.05) is 24.3 Å². The monoisotopic (exact) mass is 137 g/mol. The summed E-state index contributed by atoms with van der Waals surface area (Å²) in [5.74, 6) is 0. The van der Waals surface area contributed by atoms with Gasteiger partial charge in [0.2, 0.25) is 0 Å². The van der Waals surface area contributed by atoms with Crippen LogP contribution in [0, 0.1) is 6.92 Å². The molecule has 0 N–H and O–H groups in total. The first kappa shape index (κ1) is 7.26. The lowest BCUT2D eigenvalue weighted by Gasteiger charge is -1.95. The first-order chi connectivity index (χ1) is 4.83. The van der Waals surface area contributed by atoms with Gasteiger partial charge in [-0.2, -0.15) is 0 Å². The molecule has 0 bridgehead atoms. The Hall–Kier alpha value is -0.850. The van der Waals surface area contributed by atoms with Crippen molar-refractivity contribution >= 4 is 0 Å². The van der Waals surface area contributed by atoms with Gasteiger partial charge in [-0.25, -0.2) is 0 Å². The van der Waals surface area contributed by atoms with Gasteiger partial charge in [-0.15, -0.1) is 0 Å². The van der Waals surface area contributed by atoms with E-state index in [1.54, 1.807) is 0 Å². The molecule has 0 spiro atoms. The van der Waals surface area contributed by atoms with Crippen molar-refractivity contribution < 1.29 is 4.39 Å². The van der Waals surface area contributed by atoms with Crippen LogP contribution in [-0.4, -0.2) is 6.67 Å². The van der Waals surface area contributed by atoms with Gasteiger partial charge in [-0.05, 0) is 18.1 Å². The third-order valence-corrected chi connectivity index (χ3v) is 1.41. The molecule has 1 aromatic carbocycles. The van der Waals surface area contributed by atoms with E-state index in [9.17, 15) is 4.39 Å². The van der Waals surface area contributed by atoms with Crippen LogP contribution < -0.4 is 0 Å². The molecule has 0 fully saturated rings. The highest BCUT2D eigenvalue weighted by Crippen LogP contribution is 2.03. The zero-order chi connectivity index (χ0) is 7.40. The van der Waals surface area contributed by atoms with Crippen LogP contribution in [0.4, 0.5) is 4.39 Å². The van der Waals surface area contributed by atoms with Crippen molar-refractivity contribution in [3.05, 3.63) is 42.3 Å². The van der Waals surface area contributed by atoms with Gasteiger partial charge in [0.05, 0.1) is 6.67 Å². The van der Waals surface area contributed by atoms with Crippen LogP contribution >= 0.6 is 0 Å². The summed E-state index contributed by atoms with van der Waals surface area (Å²) in [7, 11) is 0. The average Bonchev–Trinajstić information content (AvgIpc) is 1.95. The Labute approximate surface area is 60.7 Å². The molecule has 0 saturated carbocycles. The van der Waals surface area contributed by atoms with Crippen molar-refractivity contribution in [1.82, 2.24) is 0 Å². The predicted octanol–water partition coefficient (Wildman–Crippen LogP) is 2.38. The molecule has 1 radical (unpaired) electrons. The Morgan fingerprint density at radius 3 is 2.30 bits per heavy atom. The van der Waals surface area contributed by atoms with Crippen LogP contribution in [0.3, 0.4) is 0 Å². The number of benzene rings is 1. The van der Waals surface area contributed by atoms with Crippen molar-refractivity contribution in [3.8, 4) is 0 Å². The summed E-state index contributed by atoms with van der Waals surface area (Å²) in [6.07, 6.45) is 0.514. The fourth-order valence-electron chi connectivity index (χ4n) is 0.815. The number of hydrogen-bond acceptors (Lipinski definition) is 0. The quantitative estimate of drug-likeness (QED) is 0.587. The van der Waals surface area contributed by atoms with Crippen molar-refractivity contribution in [1.29, 1.82) is 0 Å². The van der Waals surface area contributed by atoms with Gasteiger partial charge < -0.3 is 0 Å². The largest absolute Gasteiger partial charge is 0.251 e. The van der Waals surface area contributed by atoms with E-state index in [2.05, 4.69) is 6.92 Å². The number of halogens is 1. The molecule has 53 valence electrons. The highest BCUT2D eigenvalue weighted by molar-refractivity contribution is 5.24. The molecule has 0 amide bonds. The number of aryl methyl sites for hydroxylation is 1. The number of rotatable bonds is 2. The van der Waals surface area contributed by atoms with E-state index in [0.717, 1.165) is 11.1 Å². The Morgan fingerprint density at radius 1 is 1.20 bits per heavy atom. The second kappa shape index (κ2) is 3.35. The molecule has 1 rings (SSSR count). The van der Waals surface area contributed by atoms with Crippen molar-refractivity contribution in [2.45, 2.75) is 6.42 Å². The lowest BCUT2D eigenvalue weighted by molar-refractivity contribution is 0.495. The Kier molecular flexibility index (Phi) is 2.43. The van der Waals surface area contributed by atoms with E-state index in [-0.39, 0.29) is 6.67 Å². The third-order valence-electron chi connectivity index (χ3n) is 1.41. The van der Waals surface area contributed by atoms with Crippen molar-refractivity contribution in [3.63, 3.8) is 0 Å². The van der Waals surface area contributed by atoms with E-state index >= 15 is 0 Å². The summed E-state index contributed by atoms with van der Waals surface area (Å²) in [6.45, 7) is 3.45. The minimum atomic E-state index is -0.281. The predicted molar refractivity (Wildman–Crippen MR) is 40.6 cm³/mol. The minimum absolute atomic E-state index is 0.281. The highest BCUT2D eigenvalue weighted by atomic mass is 19.1. The van der Waals surface area contributed by atoms with E-state index in [1.165, 1.54) is 0 Å². The fourth-order valence-corrected chi connectivity index (χ4v) is 0.815. The maximum Gasteiger partial charge on any atom is 0.0934 e.